The molecule has 1 aliphatic heterocycles. The van der Waals surface area contributed by atoms with Crippen LogP contribution in [0.4, 0.5) is 0 Å². The van der Waals surface area contributed by atoms with Crippen LogP contribution >= 0.6 is 0 Å². The molecule has 0 aromatic carbocycles. The zero-order chi connectivity index (χ0) is 12.1. The fourth-order valence-corrected chi connectivity index (χ4v) is 3.00. The minimum Gasteiger partial charge on any atom is -0.314 e. The average Bonchev–Trinajstić information content (AvgIpc) is 2.77. The summed E-state index contributed by atoms with van der Waals surface area (Å²) in [6, 6.07) is 0. The Labute approximate surface area is 104 Å². The molecule has 17 heavy (non-hydrogen) atoms. The van der Waals surface area contributed by atoms with Crippen LogP contribution in [0, 0.1) is 0 Å². The first kappa shape index (κ1) is 12.7. The van der Waals surface area contributed by atoms with Gasteiger partial charge in [0.2, 0.25) is 5.16 Å². The van der Waals surface area contributed by atoms with Crippen LogP contribution in [-0.4, -0.2) is 62.3 Å². The van der Waals surface area contributed by atoms with Crippen LogP contribution in [0.25, 0.3) is 0 Å². The predicted octanol–water partition coefficient (Wildman–Crippen LogP) is -0.782. The van der Waals surface area contributed by atoms with Crippen LogP contribution in [0.1, 0.15) is 6.42 Å². The van der Waals surface area contributed by atoms with Gasteiger partial charge in [0.1, 0.15) is 6.33 Å². The van der Waals surface area contributed by atoms with Gasteiger partial charge in [0, 0.05) is 39.0 Å². The number of aryl methyl sites for hydroxylation is 1. The van der Waals surface area contributed by atoms with E-state index in [2.05, 4.69) is 20.4 Å². The number of hydrogen-bond acceptors (Lipinski definition) is 5. The Hall–Kier alpha value is -0.790. The predicted molar refractivity (Wildman–Crippen MR) is 66.2 cm³/mol. The van der Waals surface area contributed by atoms with E-state index in [0.717, 1.165) is 39.1 Å². The maximum Gasteiger partial charge on any atom is 0.221 e. The zero-order valence-corrected chi connectivity index (χ0v) is 10.9. The first-order valence-corrected chi connectivity index (χ1v) is 7.25. The van der Waals surface area contributed by atoms with E-state index in [1.54, 1.807) is 10.9 Å². The molecule has 0 saturated carbocycles. The second-order valence-corrected chi connectivity index (χ2v) is 5.68. The lowest BCUT2D eigenvalue weighted by Crippen LogP contribution is -2.43. The lowest BCUT2D eigenvalue weighted by molar-refractivity contribution is 0.242. The molecule has 1 fully saturated rings. The number of hydrogen-bond donors (Lipinski definition) is 1. The molecular weight excluding hydrogens is 238 g/mol. The summed E-state index contributed by atoms with van der Waals surface area (Å²) in [6.45, 7) is 5.33. The van der Waals surface area contributed by atoms with E-state index in [4.69, 9.17) is 0 Å². The maximum atomic E-state index is 11.9. The van der Waals surface area contributed by atoms with E-state index < -0.39 is 10.8 Å². The Kier molecular flexibility index (Phi) is 4.64. The topological polar surface area (TPSA) is 63.1 Å². The van der Waals surface area contributed by atoms with Gasteiger partial charge in [0.05, 0.1) is 10.8 Å². The van der Waals surface area contributed by atoms with Gasteiger partial charge >= 0.3 is 0 Å². The fraction of sp³-hybridized carbons (Fsp3) is 0.800. The normalized spacial score (nSPS) is 19.4. The Morgan fingerprint density at radius 2 is 2.24 bits per heavy atom. The molecule has 1 unspecified atom stereocenters. The molecule has 6 nitrogen and oxygen atoms in total. The third-order valence-corrected chi connectivity index (χ3v) is 4.32. The summed E-state index contributed by atoms with van der Waals surface area (Å²) >= 11 is 0. The van der Waals surface area contributed by atoms with Gasteiger partial charge in [-0.25, -0.2) is 0 Å². The molecule has 1 N–H and O–H groups in total. The maximum absolute atomic E-state index is 11.9. The van der Waals surface area contributed by atoms with Crippen molar-refractivity contribution in [2.24, 2.45) is 7.05 Å². The molecule has 0 radical (unpaired) electrons. The molecule has 1 aliphatic rings. The molecule has 0 spiro atoms. The highest BCUT2D eigenvalue weighted by molar-refractivity contribution is 7.84. The number of aromatic nitrogens is 3. The van der Waals surface area contributed by atoms with Crippen molar-refractivity contribution < 1.29 is 4.21 Å². The molecule has 96 valence electrons. The van der Waals surface area contributed by atoms with Crippen molar-refractivity contribution in [3.05, 3.63) is 6.33 Å². The summed E-state index contributed by atoms with van der Waals surface area (Å²) < 4.78 is 13.6. The van der Waals surface area contributed by atoms with Crippen molar-refractivity contribution in [3.63, 3.8) is 0 Å². The van der Waals surface area contributed by atoms with E-state index in [1.165, 1.54) is 0 Å². The van der Waals surface area contributed by atoms with Crippen LogP contribution in [0.5, 0.6) is 0 Å². The highest BCUT2D eigenvalue weighted by Gasteiger charge is 2.12. The molecule has 1 aromatic heterocycles. The van der Waals surface area contributed by atoms with Gasteiger partial charge in [-0.05, 0) is 13.0 Å². The van der Waals surface area contributed by atoms with Gasteiger partial charge in [-0.3, -0.25) is 4.21 Å². The molecule has 0 aliphatic carbocycles. The van der Waals surface area contributed by atoms with Crippen LogP contribution in [-0.2, 0) is 17.8 Å². The molecule has 1 aromatic rings. The van der Waals surface area contributed by atoms with E-state index in [1.807, 2.05) is 7.05 Å². The molecule has 0 bridgehead atoms. The molecule has 1 saturated heterocycles. The molecule has 2 heterocycles. The van der Waals surface area contributed by atoms with E-state index in [9.17, 15) is 4.21 Å². The summed E-state index contributed by atoms with van der Waals surface area (Å²) in [5.41, 5.74) is 0. The minimum absolute atomic E-state index is 0.574. The molecular formula is C10H19N5OS. The van der Waals surface area contributed by atoms with Gasteiger partial charge in [-0.15, -0.1) is 10.2 Å². The summed E-state index contributed by atoms with van der Waals surface area (Å²) in [5.74, 6) is 0.663. The lowest BCUT2D eigenvalue weighted by atomic mass is 10.3. The molecule has 7 heteroatoms. The molecule has 1 atom stereocenters. The first-order valence-electron chi connectivity index (χ1n) is 5.93. The van der Waals surface area contributed by atoms with Gasteiger partial charge in [-0.2, -0.15) is 0 Å². The molecule has 2 rings (SSSR count). The average molecular weight is 257 g/mol. The highest BCUT2D eigenvalue weighted by Crippen LogP contribution is 2.03. The van der Waals surface area contributed by atoms with E-state index in [0.29, 0.717) is 10.9 Å². The largest absolute Gasteiger partial charge is 0.314 e. The SMILES string of the molecule is Cn1cnnc1S(=O)CCCN1CCNCC1. The second kappa shape index (κ2) is 6.23. The van der Waals surface area contributed by atoms with Crippen molar-refractivity contribution >= 4 is 10.8 Å². The van der Waals surface area contributed by atoms with Gasteiger partial charge in [0.15, 0.2) is 0 Å². The van der Waals surface area contributed by atoms with Crippen molar-refractivity contribution in [2.75, 3.05) is 38.5 Å². The van der Waals surface area contributed by atoms with Crippen molar-refractivity contribution in [1.29, 1.82) is 0 Å². The van der Waals surface area contributed by atoms with E-state index in [-0.39, 0.29) is 0 Å². The van der Waals surface area contributed by atoms with Crippen LogP contribution in [0.2, 0.25) is 0 Å². The number of piperazine rings is 1. The van der Waals surface area contributed by atoms with Crippen molar-refractivity contribution in [3.8, 4) is 0 Å². The van der Waals surface area contributed by atoms with Crippen LogP contribution in [0.3, 0.4) is 0 Å². The van der Waals surface area contributed by atoms with Crippen molar-refractivity contribution in [2.45, 2.75) is 11.6 Å². The smallest absolute Gasteiger partial charge is 0.221 e. The van der Waals surface area contributed by atoms with Gasteiger partial charge in [0.25, 0.3) is 0 Å². The summed E-state index contributed by atoms with van der Waals surface area (Å²) in [5, 5.41) is 11.5. The van der Waals surface area contributed by atoms with Crippen LogP contribution in [0.15, 0.2) is 11.5 Å². The Balaban J connectivity index is 1.71. The Morgan fingerprint density at radius 3 is 2.88 bits per heavy atom. The number of rotatable bonds is 5. The number of nitrogens with one attached hydrogen (secondary N) is 1. The van der Waals surface area contributed by atoms with Crippen LogP contribution < -0.4 is 5.32 Å². The quantitative estimate of drug-likeness (QED) is 0.749. The van der Waals surface area contributed by atoms with Crippen molar-refractivity contribution in [1.82, 2.24) is 25.0 Å². The summed E-state index contributed by atoms with van der Waals surface area (Å²) in [4.78, 5) is 2.41. The molecule has 0 amide bonds. The van der Waals surface area contributed by atoms with Gasteiger partial charge < -0.3 is 14.8 Å². The second-order valence-electron chi connectivity index (χ2n) is 4.22. The lowest BCUT2D eigenvalue weighted by Gasteiger charge is -2.26. The summed E-state index contributed by atoms with van der Waals surface area (Å²) in [7, 11) is 0.802. The standard InChI is InChI=1S/C10H19N5OS/c1-14-9-12-13-10(14)17(16)8-2-5-15-6-3-11-4-7-15/h9,11H,2-8H2,1H3. The summed E-state index contributed by atoms with van der Waals surface area (Å²) in [6.07, 6.45) is 2.53. The minimum atomic E-state index is -1.02. The van der Waals surface area contributed by atoms with Gasteiger partial charge in [-0.1, -0.05) is 0 Å². The highest BCUT2D eigenvalue weighted by atomic mass is 32.2. The monoisotopic (exact) mass is 257 g/mol. The van der Waals surface area contributed by atoms with E-state index >= 15 is 0 Å². The Morgan fingerprint density at radius 1 is 1.47 bits per heavy atom. The number of nitrogens with zero attached hydrogens (tertiary/aromatic N) is 4. The third kappa shape index (κ3) is 3.58. The fourth-order valence-electron chi connectivity index (χ4n) is 1.92. The zero-order valence-electron chi connectivity index (χ0n) is 10.1. The first-order chi connectivity index (χ1) is 8.27. The third-order valence-electron chi connectivity index (χ3n) is 2.89. The Bertz CT molecular complexity index is 375.